The first-order chi connectivity index (χ1) is 12.6. The summed E-state index contributed by atoms with van der Waals surface area (Å²) < 4.78 is 2.35. The lowest BCUT2D eigenvalue weighted by molar-refractivity contribution is -0.137. The monoisotopic (exact) mass is 389 g/mol. The predicted molar refractivity (Wildman–Crippen MR) is 107 cm³/mol. The van der Waals surface area contributed by atoms with Crippen molar-refractivity contribution in [3.05, 3.63) is 52.1 Å². The Morgan fingerprint density at radius 3 is 2.52 bits per heavy atom. The van der Waals surface area contributed by atoms with Crippen LogP contribution in [0.15, 0.2) is 24.3 Å². The minimum atomic E-state index is -0.718. The van der Waals surface area contributed by atoms with Gasteiger partial charge in [-0.3, -0.25) is 4.79 Å². The summed E-state index contributed by atoms with van der Waals surface area (Å²) in [5, 5.41) is 10.1. The Kier molecular flexibility index (Phi) is 6.22. The van der Waals surface area contributed by atoms with Gasteiger partial charge >= 0.3 is 5.97 Å². The minimum Gasteiger partial charge on any atom is -0.481 e. The van der Waals surface area contributed by atoms with Gasteiger partial charge in [-0.15, -0.1) is 0 Å². The summed E-state index contributed by atoms with van der Waals surface area (Å²) in [6.07, 6.45) is 8.06. The zero-order chi connectivity index (χ0) is 18.1. The van der Waals surface area contributed by atoms with Crippen molar-refractivity contribution in [2.45, 2.75) is 69.7 Å². The first-order valence-corrected chi connectivity index (χ1v) is 10.0. The molecule has 0 amide bonds. The Morgan fingerprint density at radius 1 is 1.15 bits per heavy atom. The van der Waals surface area contributed by atoms with Crippen LogP contribution < -0.4 is 6.15 Å². The molecular formula is C21H28ClN3O2. The van der Waals surface area contributed by atoms with Crippen LogP contribution in [0.2, 0.25) is 5.02 Å². The third-order valence-electron chi connectivity index (χ3n) is 5.86. The number of imidazole rings is 1. The molecule has 1 atom stereocenters. The van der Waals surface area contributed by atoms with E-state index in [1.165, 1.54) is 42.8 Å². The van der Waals surface area contributed by atoms with Gasteiger partial charge in [0.05, 0.1) is 12.1 Å². The van der Waals surface area contributed by atoms with E-state index in [2.05, 4.69) is 16.7 Å². The number of aryl methyl sites for hydroxylation is 1. The van der Waals surface area contributed by atoms with Gasteiger partial charge in [0.2, 0.25) is 0 Å². The summed E-state index contributed by atoms with van der Waals surface area (Å²) in [6, 6.07) is 7.96. The average molecular weight is 390 g/mol. The summed E-state index contributed by atoms with van der Waals surface area (Å²) >= 11 is 6.04. The lowest BCUT2D eigenvalue weighted by Crippen LogP contribution is -2.19. The number of rotatable bonds is 5. The average Bonchev–Trinajstić information content (AvgIpc) is 3.25. The molecule has 4 N–H and O–H groups in total. The van der Waals surface area contributed by atoms with Crippen LogP contribution in [0.25, 0.3) is 0 Å². The molecular weight excluding hydrogens is 362 g/mol. The Balaban J connectivity index is 0.00000210. The highest BCUT2D eigenvalue weighted by Gasteiger charge is 2.32. The second kappa shape index (κ2) is 8.44. The summed E-state index contributed by atoms with van der Waals surface area (Å²) in [6.45, 7) is 0.751. The fourth-order valence-electron chi connectivity index (χ4n) is 4.67. The van der Waals surface area contributed by atoms with Gasteiger partial charge in [-0.1, -0.05) is 36.6 Å². The van der Waals surface area contributed by atoms with Crippen molar-refractivity contribution in [2.24, 2.45) is 0 Å². The molecule has 0 radical (unpaired) electrons. The Hall–Kier alpha value is -1.85. The van der Waals surface area contributed by atoms with Gasteiger partial charge in [0.15, 0.2) is 0 Å². The van der Waals surface area contributed by atoms with Gasteiger partial charge in [0, 0.05) is 29.1 Å². The molecule has 5 nitrogen and oxygen atoms in total. The van der Waals surface area contributed by atoms with Crippen molar-refractivity contribution >= 4 is 17.6 Å². The number of aromatic nitrogens is 2. The molecule has 1 heterocycles. The molecule has 4 rings (SSSR count). The van der Waals surface area contributed by atoms with Crippen LogP contribution in [0.1, 0.15) is 79.6 Å². The van der Waals surface area contributed by atoms with Gasteiger partial charge in [-0.2, -0.15) is 0 Å². The number of carboxylic acids is 1. The van der Waals surface area contributed by atoms with Crippen LogP contribution in [-0.4, -0.2) is 20.6 Å². The molecule has 0 saturated heterocycles. The predicted octanol–water partition coefficient (Wildman–Crippen LogP) is 5.30. The fourth-order valence-corrected chi connectivity index (χ4v) is 4.80. The van der Waals surface area contributed by atoms with Gasteiger partial charge in [0.25, 0.3) is 0 Å². The molecule has 1 aromatic carbocycles. The number of halogens is 1. The second-order valence-electron chi connectivity index (χ2n) is 7.68. The molecule has 1 unspecified atom stereocenters. The molecule has 0 aliphatic heterocycles. The Labute approximate surface area is 165 Å². The summed E-state index contributed by atoms with van der Waals surface area (Å²) in [5.41, 5.74) is 3.50. The second-order valence-corrected chi connectivity index (χ2v) is 8.12. The molecule has 146 valence electrons. The molecule has 0 bridgehead atoms. The zero-order valence-corrected chi connectivity index (χ0v) is 16.4. The first-order valence-electron chi connectivity index (χ1n) is 9.67. The molecule has 1 fully saturated rings. The third-order valence-corrected chi connectivity index (χ3v) is 6.11. The van der Waals surface area contributed by atoms with Crippen molar-refractivity contribution in [1.82, 2.24) is 15.7 Å². The lowest BCUT2D eigenvalue weighted by Gasteiger charge is -2.24. The van der Waals surface area contributed by atoms with Crippen LogP contribution in [0.4, 0.5) is 0 Å². The Bertz CT molecular complexity index is 795. The topological polar surface area (TPSA) is 90.1 Å². The highest BCUT2D eigenvalue weighted by molar-refractivity contribution is 6.30. The van der Waals surface area contributed by atoms with Crippen molar-refractivity contribution in [3.63, 3.8) is 0 Å². The van der Waals surface area contributed by atoms with Crippen LogP contribution in [0.5, 0.6) is 0 Å². The van der Waals surface area contributed by atoms with E-state index in [0.717, 1.165) is 36.5 Å². The molecule has 2 aliphatic carbocycles. The quantitative estimate of drug-likeness (QED) is 0.725. The van der Waals surface area contributed by atoms with Crippen LogP contribution >= 0.6 is 11.6 Å². The third kappa shape index (κ3) is 4.19. The Morgan fingerprint density at radius 2 is 1.85 bits per heavy atom. The van der Waals surface area contributed by atoms with E-state index in [0.29, 0.717) is 5.92 Å². The SMILES string of the molecule is N.O=C(O)CC1CCCc2nc(C3CCCC3)n(Cc3ccc(Cl)cc3)c21. The fraction of sp³-hybridized carbons (Fsp3) is 0.524. The summed E-state index contributed by atoms with van der Waals surface area (Å²) in [4.78, 5) is 16.5. The van der Waals surface area contributed by atoms with E-state index in [-0.39, 0.29) is 18.5 Å². The largest absolute Gasteiger partial charge is 0.481 e. The van der Waals surface area contributed by atoms with Gasteiger partial charge in [0.1, 0.15) is 5.82 Å². The summed E-state index contributed by atoms with van der Waals surface area (Å²) in [5.74, 6) is 1.05. The zero-order valence-electron chi connectivity index (χ0n) is 15.7. The molecule has 1 aromatic heterocycles. The smallest absolute Gasteiger partial charge is 0.304 e. The number of fused-ring (bicyclic) bond motifs is 1. The molecule has 6 heteroatoms. The molecule has 27 heavy (non-hydrogen) atoms. The van der Waals surface area contributed by atoms with Crippen molar-refractivity contribution in [3.8, 4) is 0 Å². The minimum absolute atomic E-state index is 0. The maximum absolute atomic E-state index is 11.4. The van der Waals surface area contributed by atoms with Crippen molar-refractivity contribution in [2.75, 3.05) is 0 Å². The number of hydrogen-bond acceptors (Lipinski definition) is 3. The number of carboxylic acid groups (broad SMARTS) is 1. The maximum Gasteiger partial charge on any atom is 0.304 e. The highest BCUT2D eigenvalue weighted by Crippen LogP contribution is 2.40. The number of hydrogen-bond donors (Lipinski definition) is 2. The van der Waals surface area contributed by atoms with Gasteiger partial charge in [-0.25, -0.2) is 4.98 Å². The molecule has 2 aromatic rings. The van der Waals surface area contributed by atoms with E-state index in [9.17, 15) is 9.90 Å². The number of aliphatic carboxylic acids is 1. The standard InChI is InChI=1S/C21H25ClN2O2.H3N/c22-17-10-8-14(9-11-17)13-24-20-16(12-19(25)26)6-3-7-18(20)23-21(24)15-4-1-2-5-15;/h8-11,15-16H,1-7,12-13H2,(H,25,26);1H3. The van der Waals surface area contributed by atoms with Crippen LogP contribution in [0, 0.1) is 0 Å². The summed E-state index contributed by atoms with van der Waals surface area (Å²) in [7, 11) is 0. The van der Waals surface area contributed by atoms with E-state index in [4.69, 9.17) is 16.6 Å². The highest BCUT2D eigenvalue weighted by atomic mass is 35.5. The van der Waals surface area contributed by atoms with E-state index < -0.39 is 5.97 Å². The van der Waals surface area contributed by atoms with E-state index in [1.54, 1.807) is 0 Å². The van der Waals surface area contributed by atoms with Crippen LogP contribution in [0.3, 0.4) is 0 Å². The van der Waals surface area contributed by atoms with Crippen molar-refractivity contribution in [1.29, 1.82) is 0 Å². The first kappa shape index (κ1) is 19.9. The van der Waals surface area contributed by atoms with Gasteiger partial charge < -0.3 is 15.8 Å². The maximum atomic E-state index is 11.4. The molecule has 1 saturated carbocycles. The molecule has 0 spiro atoms. The number of benzene rings is 1. The van der Waals surface area contributed by atoms with Crippen molar-refractivity contribution < 1.29 is 9.90 Å². The normalized spacial score (nSPS) is 19.5. The number of nitrogens with zero attached hydrogens (tertiary/aromatic N) is 2. The molecule has 2 aliphatic rings. The van der Waals surface area contributed by atoms with Gasteiger partial charge in [-0.05, 0) is 49.8 Å². The number of carbonyl (C=O) groups is 1. The van der Waals surface area contributed by atoms with E-state index >= 15 is 0 Å². The lowest BCUT2D eigenvalue weighted by atomic mass is 9.87. The van der Waals surface area contributed by atoms with Crippen LogP contribution in [-0.2, 0) is 17.8 Å². The van der Waals surface area contributed by atoms with E-state index in [1.807, 2.05) is 12.1 Å².